The minimum Gasteiger partial charge on any atom is -0.467 e. The molecule has 0 radical (unpaired) electrons. The highest BCUT2D eigenvalue weighted by atomic mass is 16.7. The molecule has 0 spiro atoms. The molecule has 3 nitrogen and oxygen atoms in total. The lowest BCUT2D eigenvalue weighted by Crippen LogP contribution is -2.67. The van der Waals surface area contributed by atoms with Crippen LogP contribution in [0.1, 0.15) is 11.1 Å². The summed E-state index contributed by atoms with van der Waals surface area (Å²) in [7, 11) is 0. The number of fused-ring (bicyclic) bond motifs is 1. The first-order chi connectivity index (χ1) is 10.3. The van der Waals surface area contributed by atoms with Gasteiger partial charge in [-0.1, -0.05) is 60.7 Å². The highest BCUT2D eigenvalue weighted by Gasteiger charge is 2.69. The topological polar surface area (TPSA) is 38.7 Å². The first-order valence-corrected chi connectivity index (χ1v) is 7.08. The SMILES string of the molecule is OC[C@]12OC=C[C@H]1C(c1ccccc1)(c1ccccc1)O2. The van der Waals surface area contributed by atoms with Crippen molar-refractivity contribution in [3.8, 4) is 0 Å². The van der Waals surface area contributed by atoms with Crippen LogP contribution in [0.5, 0.6) is 0 Å². The molecule has 1 fully saturated rings. The molecule has 0 unspecified atom stereocenters. The summed E-state index contributed by atoms with van der Waals surface area (Å²) >= 11 is 0. The van der Waals surface area contributed by atoms with Gasteiger partial charge in [0.05, 0.1) is 12.2 Å². The molecule has 1 N–H and O–H groups in total. The molecular weight excluding hydrogens is 264 g/mol. The van der Waals surface area contributed by atoms with E-state index in [9.17, 15) is 5.11 Å². The third-order valence-corrected chi connectivity index (χ3v) is 4.41. The average Bonchev–Trinajstić information content (AvgIpc) is 2.89. The van der Waals surface area contributed by atoms with Crippen molar-refractivity contribution in [1.29, 1.82) is 0 Å². The minimum absolute atomic E-state index is 0.0419. The summed E-state index contributed by atoms with van der Waals surface area (Å²) in [6.45, 7) is -0.161. The van der Waals surface area contributed by atoms with Crippen molar-refractivity contribution in [2.75, 3.05) is 6.61 Å². The number of aliphatic hydroxyl groups excluding tert-OH is 1. The Bertz CT molecular complexity index is 626. The molecule has 0 aromatic heterocycles. The lowest BCUT2D eigenvalue weighted by atomic mass is 9.67. The number of hydrogen-bond acceptors (Lipinski definition) is 3. The molecule has 3 heteroatoms. The van der Waals surface area contributed by atoms with E-state index in [0.717, 1.165) is 11.1 Å². The molecule has 4 rings (SSSR count). The van der Waals surface area contributed by atoms with Gasteiger partial charge < -0.3 is 14.6 Å². The second-order valence-electron chi connectivity index (χ2n) is 5.46. The van der Waals surface area contributed by atoms with Crippen LogP contribution in [-0.4, -0.2) is 17.5 Å². The Morgan fingerprint density at radius 1 is 0.905 bits per heavy atom. The lowest BCUT2D eigenvalue weighted by Gasteiger charge is -2.57. The largest absolute Gasteiger partial charge is 0.467 e. The molecule has 2 aliphatic rings. The van der Waals surface area contributed by atoms with Crippen LogP contribution in [0, 0.1) is 5.92 Å². The number of benzene rings is 2. The Morgan fingerprint density at radius 2 is 1.48 bits per heavy atom. The molecule has 21 heavy (non-hydrogen) atoms. The molecule has 2 aromatic rings. The standard InChI is InChI=1S/C18H16O3/c19-13-17-16(11-12-20-17)18(21-17,14-7-3-1-4-8-14)15-9-5-2-6-10-15/h1-12,16,19H,13H2/t16-,17-/m1/s1. The normalized spacial score (nSPS) is 28.5. The molecule has 0 amide bonds. The van der Waals surface area contributed by atoms with E-state index in [-0.39, 0.29) is 12.5 Å². The van der Waals surface area contributed by atoms with E-state index < -0.39 is 11.4 Å². The van der Waals surface area contributed by atoms with Crippen molar-refractivity contribution in [2.24, 2.45) is 5.92 Å². The second-order valence-corrected chi connectivity index (χ2v) is 5.46. The average molecular weight is 280 g/mol. The van der Waals surface area contributed by atoms with Gasteiger partial charge in [-0.25, -0.2) is 0 Å². The van der Waals surface area contributed by atoms with Gasteiger partial charge in [0, 0.05) is 0 Å². The zero-order valence-electron chi connectivity index (χ0n) is 11.5. The van der Waals surface area contributed by atoms with Crippen LogP contribution in [0.2, 0.25) is 0 Å². The number of hydrogen-bond donors (Lipinski definition) is 1. The highest BCUT2D eigenvalue weighted by molar-refractivity contribution is 5.44. The van der Waals surface area contributed by atoms with Crippen molar-refractivity contribution in [2.45, 2.75) is 11.4 Å². The second kappa shape index (κ2) is 4.45. The summed E-state index contributed by atoms with van der Waals surface area (Å²) < 4.78 is 11.8. The zero-order valence-corrected chi connectivity index (χ0v) is 11.5. The predicted molar refractivity (Wildman–Crippen MR) is 78.3 cm³/mol. The third kappa shape index (κ3) is 1.56. The van der Waals surface area contributed by atoms with E-state index >= 15 is 0 Å². The summed E-state index contributed by atoms with van der Waals surface area (Å²) in [6, 6.07) is 20.2. The van der Waals surface area contributed by atoms with Crippen LogP contribution >= 0.6 is 0 Å². The van der Waals surface area contributed by atoms with Crippen molar-refractivity contribution >= 4 is 0 Å². The van der Waals surface area contributed by atoms with Gasteiger partial charge in [0.2, 0.25) is 5.79 Å². The Kier molecular flexibility index (Phi) is 2.67. The van der Waals surface area contributed by atoms with Gasteiger partial charge in [0.1, 0.15) is 12.2 Å². The molecule has 0 aliphatic carbocycles. The first kappa shape index (κ1) is 12.6. The Balaban J connectivity index is 1.88. The van der Waals surface area contributed by atoms with E-state index in [4.69, 9.17) is 9.47 Å². The molecule has 2 atom stereocenters. The molecule has 0 saturated carbocycles. The predicted octanol–water partition coefficient (Wildman–Crippen LogP) is 2.81. The Hall–Kier alpha value is -2.10. The smallest absolute Gasteiger partial charge is 0.244 e. The van der Waals surface area contributed by atoms with Gasteiger partial charge in [-0.15, -0.1) is 0 Å². The Morgan fingerprint density at radius 3 is 2.00 bits per heavy atom. The van der Waals surface area contributed by atoms with E-state index in [2.05, 4.69) is 24.3 Å². The van der Waals surface area contributed by atoms with Crippen molar-refractivity contribution in [1.82, 2.24) is 0 Å². The zero-order chi connectivity index (χ0) is 14.3. The van der Waals surface area contributed by atoms with Crippen LogP contribution in [0.4, 0.5) is 0 Å². The van der Waals surface area contributed by atoms with Crippen molar-refractivity contribution in [3.05, 3.63) is 84.1 Å². The number of aliphatic hydroxyl groups is 1. The fraction of sp³-hybridized carbons (Fsp3) is 0.222. The van der Waals surface area contributed by atoms with Crippen molar-refractivity contribution < 1.29 is 14.6 Å². The van der Waals surface area contributed by atoms with E-state index in [1.165, 1.54) is 0 Å². The van der Waals surface area contributed by atoms with E-state index in [0.29, 0.717) is 0 Å². The van der Waals surface area contributed by atoms with Gasteiger partial charge >= 0.3 is 0 Å². The molecule has 1 saturated heterocycles. The van der Waals surface area contributed by atoms with Crippen LogP contribution in [-0.2, 0) is 15.1 Å². The first-order valence-electron chi connectivity index (χ1n) is 7.08. The minimum atomic E-state index is -0.939. The summed E-state index contributed by atoms with van der Waals surface area (Å²) in [6.07, 6.45) is 3.62. The maximum Gasteiger partial charge on any atom is 0.244 e. The van der Waals surface area contributed by atoms with E-state index in [1.807, 2.05) is 42.5 Å². The van der Waals surface area contributed by atoms with Gasteiger partial charge in [-0.05, 0) is 17.2 Å². The van der Waals surface area contributed by atoms with E-state index in [1.54, 1.807) is 6.26 Å². The van der Waals surface area contributed by atoms with Crippen LogP contribution in [0.15, 0.2) is 73.0 Å². The fourth-order valence-corrected chi connectivity index (χ4v) is 3.45. The van der Waals surface area contributed by atoms with Crippen LogP contribution in [0.25, 0.3) is 0 Å². The maximum atomic E-state index is 9.68. The molecule has 2 heterocycles. The maximum absolute atomic E-state index is 9.68. The summed E-state index contributed by atoms with van der Waals surface area (Å²) in [5, 5.41) is 9.68. The van der Waals surface area contributed by atoms with Crippen molar-refractivity contribution in [3.63, 3.8) is 0 Å². The van der Waals surface area contributed by atoms with Gasteiger partial charge in [-0.3, -0.25) is 0 Å². The highest BCUT2D eigenvalue weighted by Crippen LogP contribution is 2.60. The number of ether oxygens (including phenoxy) is 2. The summed E-state index contributed by atoms with van der Waals surface area (Å²) in [4.78, 5) is 0. The molecule has 0 bridgehead atoms. The summed E-state index contributed by atoms with van der Waals surface area (Å²) in [5.41, 5.74) is 1.54. The molecule has 2 aromatic carbocycles. The monoisotopic (exact) mass is 280 g/mol. The van der Waals surface area contributed by atoms with Crippen LogP contribution < -0.4 is 0 Å². The molecule has 2 aliphatic heterocycles. The lowest BCUT2D eigenvalue weighted by molar-refractivity contribution is -0.391. The molecule has 106 valence electrons. The van der Waals surface area contributed by atoms with Gasteiger partial charge in [-0.2, -0.15) is 0 Å². The molecular formula is C18H16O3. The summed E-state index contributed by atoms with van der Waals surface area (Å²) in [5.74, 6) is -0.981. The quantitative estimate of drug-likeness (QED) is 0.939. The number of rotatable bonds is 3. The third-order valence-electron chi connectivity index (χ3n) is 4.41. The van der Waals surface area contributed by atoms with Gasteiger partial charge in [0.15, 0.2) is 0 Å². The Labute approximate surface area is 123 Å². The fourth-order valence-electron chi connectivity index (χ4n) is 3.45. The van der Waals surface area contributed by atoms with Crippen LogP contribution in [0.3, 0.4) is 0 Å². The van der Waals surface area contributed by atoms with Gasteiger partial charge in [0.25, 0.3) is 0 Å².